The highest BCUT2D eigenvalue weighted by Gasteiger charge is 1.90. The van der Waals surface area contributed by atoms with Gasteiger partial charge in [0.25, 0.3) is 0 Å². The van der Waals surface area contributed by atoms with Gasteiger partial charge in [-0.25, -0.2) is 0 Å². The van der Waals surface area contributed by atoms with Crippen LogP contribution in [-0.4, -0.2) is 6.21 Å². The first-order chi connectivity index (χ1) is 3.79. The number of allylic oxidation sites excluding steroid dienone is 2. The molecule has 8 heavy (non-hydrogen) atoms. The molecule has 0 aromatic carbocycles. The van der Waals surface area contributed by atoms with E-state index in [0.29, 0.717) is 0 Å². The van der Waals surface area contributed by atoms with E-state index in [2.05, 4.69) is 16.9 Å². The van der Waals surface area contributed by atoms with Crippen molar-refractivity contribution in [1.29, 1.82) is 0 Å². The molecule has 0 bridgehead atoms. The Morgan fingerprint density at radius 1 is 1.75 bits per heavy atom. The summed E-state index contributed by atoms with van der Waals surface area (Å²) in [6.45, 7) is 5.57. The molecule has 0 saturated carbocycles. The van der Waals surface area contributed by atoms with E-state index in [-0.39, 0.29) is 0 Å². The predicted molar refractivity (Wildman–Crippen MR) is 34.5 cm³/mol. The minimum absolute atomic E-state index is 0.843. The van der Waals surface area contributed by atoms with Crippen LogP contribution < -0.4 is 5.32 Å². The third-order valence-electron chi connectivity index (χ3n) is 0.890. The van der Waals surface area contributed by atoms with Crippen molar-refractivity contribution in [1.82, 2.24) is 5.32 Å². The van der Waals surface area contributed by atoms with Gasteiger partial charge in [0.1, 0.15) is 0 Å². The lowest BCUT2D eigenvalue weighted by Gasteiger charge is -2.03. The Labute approximate surface area is 48.6 Å². The van der Waals surface area contributed by atoms with Gasteiger partial charge in [-0.2, -0.15) is 0 Å². The number of nitrogens with zero attached hydrogens (tertiary/aromatic N) is 1. The molecule has 1 aliphatic rings. The Morgan fingerprint density at radius 3 is 2.88 bits per heavy atom. The fourth-order valence-electron chi connectivity index (χ4n) is 0.451. The van der Waals surface area contributed by atoms with Crippen LogP contribution in [0.25, 0.3) is 0 Å². The van der Waals surface area contributed by atoms with E-state index in [9.17, 15) is 0 Å². The average molecular weight is 108 g/mol. The van der Waals surface area contributed by atoms with Crippen LogP contribution in [0.15, 0.2) is 29.2 Å². The lowest BCUT2D eigenvalue weighted by Crippen LogP contribution is -2.08. The van der Waals surface area contributed by atoms with Crippen LogP contribution in [0.3, 0.4) is 0 Å². The molecule has 42 valence electrons. The summed E-state index contributed by atoms with van der Waals surface area (Å²) in [5, 5.41) is 2.93. The van der Waals surface area contributed by atoms with Crippen LogP contribution >= 0.6 is 0 Å². The third-order valence-corrected chi connectivity index (χ3v) is 0.890. The fourth-order valence-corrected chi connectivity index (χ4v) is 0.451. The predicted octanol–water partition coefficient (Wildman–Crippen LogP) is 1.04. The van der Waals surface area contributed by atoms with E-state index in [1.54, 1.807) is 6.21 Å². The lowest BCUT2D eigenvalue weighted by molar-refractivity contribution is 1.07. The normalized spacial score (nSPS) is 17.6. The largest absolute Gasteiger partial charge is 0.359 e. The van der Waals surface area contributed by atoms with Gasteiger partial charge in [-0.3, -0.25) is 4.99 Å². The summed E-state index contributed by atoms with van der Waals surface area (Å²) in [6, 6.07) is 0. The van der Waals surface area contributed by atoms with Crippen LogP contribution in [0.4, 0.5) is 0 Å². The summed E-state index contributed by atoms with van der Waals surface area (Å²) in [7, 11) is 0. The van der Waals surface area contributed by atoms with Gasteiger partial charge in [-0.05, 0) is 6.92 Å². The molecule has 0 amide bonds. The molecule has 1 aliphatic heterocycles. The monoisotopic (exact) mass is 108 g/mol. The maximum absolute atomic E-state index is 3.98. The van der Waals surface area contributed by atoms with Crippen molar-refractivity contribution >= 4 is 6.21 Å². The molecule has 0 aromatic rings. The molecule has 0 atom stereocenters. The molecule has 1 N–H and O–H groups in total. The number of hydrogen-bond acceptors (Lipinski definition) is 2. The first-order valence-electron chi connectivity index (χ1n) is 2.45. The SMILES string of the molecule is C=C1C=NC(C)=CN1. The van der Waals surface area contributed by atoms with E-state index >= 15 is 0 Å². The van der Waals surface area contributed by atoms with Gasteiger partial charge in [0.05, 0.1) is 11.9 Å². The Hall–Kier alpha value is -1.05. The fraction of sp³-hybridized carbons (Fsp3) is 0.167. The standard InChI is InChI=1S/C6H8N2/c1-5-3-8-6(2)4-7-5/h3-4,7H,1H2,2H3. The molecule has 0 saturated heterocycles. The van der Waals surface area contributed by atoms with Gasteiger partial charge in [0.2, 0.25) is 0 Å². The van der Waals surface area contributed by atoms with Gasteiger partial charge >= 0.3 is 0 Å². The van der Waals surface area contributed by atoms with Crippen molar-refractivity contribution in [3.8, 4) is 0 Å². The van der Waals surface area contributed by atoms with Crippen LogP contribution in [0, 0.1) is 0 Å². The van der Waals surface area contributed by atoms with E-state index in [4.69, 9.17) is 0 Å². The Kier molecular flexibility index (Phi) is 1.16. The highest BCUT2D eigenvalue weighted by Crippen LogP contribution is 1.97. The second-order valence-corrected chi connectivity index (χ2v) is 1.71. The highest BCUT2D eigenvalue weighted by atomic mass is 14.9. The third kappa shape index (κ3) is 0.964. The van der Waals surface area contributed by atoms with Gasteiger partial charge in [0.15, 0.2) is 0 Å². The zero-order chi connectivity index (χ0) is 5.98. The summed E-state index contributed by atoms with van der Waals surface area (Å²) < 4.78 is 0. The first kappa shape index (κ1) is 5.09. The van der Waals surface area contributed by atoms with E-state index < -0.39 is 0 Å². The Bertz CT molecular complexity index is 163. The van der Waals surface area contributed by atoms with Gasteiger partial charge in [-0.15, -0.1) is 0 Å². The van der Waals surface area contributed by atoms with Gasteiger partial charge in [-0.1, -0.05) is 6.58 Å². The number of nitrogens with one attached hydrogen (secondary N) is 1. The molecule has 1 rings (SSSR count). The minimum atomic E-state index is 0.843. The van der Waals surface area contributed by atoms with Gasteiger partial charge in [0, 0.05) is 11.9 Å². The summed E-state index contributed by atoms with van der Waals surface area (Å²) in [5.41, 5.74) is 1.83. The molecule has 1 heterocycles. The Morgan fingerprint density at radius 2 is 2.50 bits per heavy atom. The average Bonchev–Trinajstić information content (AvgIpc) is 1.77. The molecular weight excluding hydrogens is 100 g/mol. The van der Waals surface area contributed by atoms with E-state index in [1.807, 2.05) is 13.1 Å². The minimum Gasteiger partial charge on any atom is -0.359 e. The summed E-state index contributed by atoms with van der Waals surface area (Å²) in [6.07, 6.45) is 3.53. The topological polar surface area (TPSA) is 24.4 Å². The van der Waals surface area contributed by atoms with Crippen molar-refractivity contribution < 1.29 is 0 Å². The lowest BCUT2D eigenvalue weighted by atomic mass is 10.4. The molecule has 2 nitrogen and oxygen atoms in total. The molecule has 0 aliphatic carbocycles. The molecular formula is C6H8N2. The highest BCUT2D eigenvalue weighted by molar-refractivity contribution is 5.79. The van der Waals surface area contributed by atoms with Crippen LogP contribution in [-0.2, 0) is 0 Å². The molecule has 0 aromatic heterocycles. The van der Waals surface area contributed by atoms with E-state index in [0.717, 1.165) is 11.4 Å². The maximum Gasteiger partial charge on any atom is 0.0533 e. The number of rotatable bonds is 0. The van der Waals surface area contributed by atoms with Crippen LogP contribution in [0.2, 0.25) is 0 Å². The smallest absolute Gasteiger partial charge is 0.0533 e. The van der Waals surface area contributed by atoms with Crippen molar-refractivity contribution in [3.63, 3.8) is 0 Å². The zero-order valence-corrected chi connectivity index (χ0v) is 4.81. The second-order valence-electron chi connectivity index (χ2n) is 1.71. The van der Waals surface area contributed by atoms with Crippen molar-refractivity contribution in [3.05, 3.63) is 24.2 Å². The van der Waals surface area contributed by atoms with Crippen LogP contribution in [0.5, 0.6) is 0 Å². The molecule has 0 unspecified atom stereocenters. The summed E-state index contributed by atoms with van der Waals surface area (Å²) in [5.74, 6) is 0. The van der Waals surface area contributed by atoms with Crippen molar-refractivity contribution in [2.75, 3.05) is 0 Å². The van der Waals surface area contributed by atoms with Crippen molar-refractivity contribution in [2.24, 2.45) is 4.99 Å². The maximum atomic E-state index is 3.98. The molecule has 0 radical (unpaired) electrons. The molecule has 0 spiro atoms. The molecule has 2 heteroatoms. The quantitative estimate of drug-likeness (QED) is 0.492. The summed E-state index contributed by atoms with van der Waals surface area (Å²) >= 11 is 0. The van der Waals surface area contributed by atoms with E-state index in [1.165, 1.54) is 0 Å². The second kappa shape index (κ2) is 1.82. The molecule has 0 fully saturated rings. The zero-order valence-electron chi connectivity index (χ0n) is 4.81. The van der Waals surface area contributed by atoms with Crippen LogP contribution in [0.1, 0.15) is 6.92 Å². The number of aliphatic imine (C=N–C) groups is 1. The van der Waals surface area contributed by atoms with Crippen molar-refractivity contribution in [2.45, 2.75) is 6.92 Å². The Balaban J connectivity index is 2.71. The number of hydrogen-bond donors (Lipinski definition) is 1. The first-order valence-corrected chi connectivity index (χ1v) is 2.45. The summed E-state index contributed by atoms with van der Waals surface area (Å²) in [4.78, 5) is 3.98. The van der Waals surface area contributed by atoms with Gasteiger partial charge < -0.3 is 5.32 Å².